The maximum absolute atomic E-state index is 11.9. The summed E-state index contributed by atoms with van der Waals surface area (Å²) < 4.78 is 15.8. The second-order valence-corrected chi connectivity index (χ2v) is 5.93. The smallest absolute Gasteiger partial charge is 0.239 e. The van der Waals surface area contributed by atoms with E-state index in [1.165, 1.54) is 0 Å². The molecule has 1 atom stereocenters. The molecule has 1 aromatic rings. The van der Waals surface area contributed by atoms with Crippen LogP contribution in [-0.2, 0) is 20.8 Å². The third kappa shape index (κ3) is 6.75. The van der Waals surface area contributed by atoms with Gasteiger partial charge >= 0.3 is 0 Å². The number of guanidine groups is 1. The van der Waals surface area contributed by atoms with Crippen molar-refractivity contribution in [3.63, 3.8) is 0 Å². The molecule has 0 bridgehead atoms. The van der Waals surface area contributed by atoms with E-state index >= 15 is 0 Å². The minimum absolute atomic E-state index is 0.101. The van der Waals surface area contributed by atoms with Crippen LogP contribution < -0.4 is 10.6 Å². The number of methoxy groups -OCH3 is 1. The number of rotatable bonds is 9. The lowest BCUT2D eigenvalue weighted by Gasteiger charge is -2.21. The second kappa shape index (κ2) is 10.7. The predicted octanol–water partition coefficient (Wildman–Crippen LogP) is 0.456. The molecule has 1 unspecified atom stereocenters. The van der Waals surface area contributed by atoms with Gasteiger partial charge in [0, 0.05) is 33.2 Å². The van der Waals surface area contributed by atoms with E-state index in [1.807, 2.05) is 6.07 Å². The molecule has 0 saturated carbocycles. The molecule has 1 aliphatic heterocycles. The van der Waals surface area contributed by atoms with Gasteiger partial charge in [0.05, 0.1) is 39.2 Å². The summed E-state index contributed by atoms with van der Waals surface area (Å²) >= 11 is 0. The van der Waals surface area contributed by atoms with Gasteiger partial charge in [-0.05, 0) is 18.6 Å². The van der Waals surface area contributed by atoms with E-state index in [2.05, 4.69) is 20.5 Å². The van der Waals surface area contributed by atoms with Gasteiger partial charge in [-0.15, -0.1) is 0 Å². The average Bonchev–Trinajstić information content (AvgIpc) is 3.29. The number of carbonyl (C=O) groups is 1. The summed E-state index contributed by atoms with van der Waals surface area (Å²) in [4.78, 5) is 18.3. The Labute approximate surface area is 148 Å². The summed E-state index contributed by atoms with van der Waals surface area (Å²) in [6.07, 6.45) is 2.64. The highest BCUT2D eigenvalue weighted by molar-refractivity contribution is 5.86. The Bertz CT molecular complexity index is 533. The average molecular weight is 352 g/mol. The van der Waals surface area contributed by atoms with Gasteiger partial charge in [0.1, 0.15) is 5.76 Å². The summed E-state index contributed by atoms with van der Waals surface area (Å²) in [6, 6.07) is 3.62. The number of hydrogen-bond acceptors (Lipinski definition) is 5. The van der Waals surface area contributed by atoms with Crippen LogP contribution in [0.15, 0.2) is 27.8 Å². The molecular weight excluding hydrogens is 324 g/mol. The number of nitrogens with one attached hydrogen (secondary N) is 2. The number of furan rings is 1. The first kappa shape index (κ1) is 19.3. The Hall–Kier alpha value is -2.06. The molecule has 1 fully saturated rings. The van der Waals surface area contributed by atoms with Crippen LogP contribution in [0.25, 0.3) is 0 Å². The normalized spacial score (nSPS) is 17.8. The van der Waals surface area contributed by atoms with Gasteiger partial charge in [-0.1, -0.05) is 0 Å². The van der Waals surface area contributed by atoms with Gasteiger partial charge < -0.3 is 29.4 Å². The Balaban J connectivity index is 1.65. The summed E-state index contributed by atoms with van der Waals surface area (Å²) in [5.41, 5.74) is 0. The Morgan fingerprint density at radius 2 is 2.32 bits per heavy atom. The number of aliphatic imine (C=N–C) groups is 1. The molecular formula is C17H28N4O4. The quantitative estimate of drug-likeness (QED) is 0.381. The van der Waals surface area contributed by atoms with E-state index in [4.69, 9.17) is 13.9 Å². The second-order valence-electron chi connectivity index (χ2n) is 5.93. The largest absolute Gasteiger partial charge is 0.467 e. The van der Waals surface area contributed by atoms with Crippen molar-refractivity contribution < 1.29 is 18.7 Å². The van der Waals surface area contributed by atoms with Gasteiger partial charge in [-0.25, -0.2) is 0 Å². The highest BCUT2D eigenvalue weighted by atomic mass is 16.5. The van der Waals surface area contributed by atoms with Crippen LogP contribution in [0.3, 0.4) is 0 Å². The molecule has 1 amide bonds. The van der Waals surface area contributed by atoms with E-state index in [9.17, 15) is 4.79 Å². The number of nitrogens with zero attached hydrogens (tertiary/aromatic N) is 2. The van der Waals surface area contributed by atoms with Crippen molar-refractivity contribution in [1.29, 1.82) is 0 Å². The first-order chi connectivity index (χ1) is 12.2. The molecule has 1 aliphatic rings. The monoisotopic (exact) mass is 352 g/mol. The Morgan fingerprint density at radius 1 is 1.44 bits per heavy atom. The van der Waals surface area contributed by atoms with Crippen molar-refractivity contribution >= 4 is 11.9 Å². The van der Waals surface area contributed by atoms with Gasteiger partial charge in [-0.3, -0.25) is 9.79 Å². The molecule has 2 rings (SSSR count). The van der Waals surface area contributed by atoms with Gasteiger partial charge in [0.25, 0.3) is 0 Å². The van der Waals surface area contributed by atoms with Crippen LogP contribution in [0.4, 0.5) is 0 Å². The van der Waals surface area contributed by atoms with Crippen molar-refractivity contribution in [1.82, 2.24) is 15.5 Å². The molecule has 140 valence electrons. The fourth-order valence-corrected chi connectivity index (χ4v) is 2.71. The summed E-state index contributed by atoms with van der Waals surface area (Å²) in [6.45, 7) is 4.31. The van der Waals surface area contributed by atoms with E-state index in [0.717, 1.165) is 37.8 Å². The molecule has 2 heterocycles. The van der Waals surface area contributed by atoms with E-state index in [1.54, 1.807) is 26.5 Å². The van der Waals surface area contributed by atoms with Crippen LogP contribution in [0, 0.1) is 5.92 Å². The van der Waals surface area contributed by atoms with Crippen LogP contribution in [0.5, 0.6) is 0 Å². The van der Waals surface area contributed by atoms with Gasteiger partial charge in [0.2, 0.25) is 5.91 Å². The van der Waals surface area contributed by atoms with Gasteiger partial charge in [0.15, 0.2) is 5.96 Å². The van der Waals surface area contributed by atoms with Crippen LogP contribution >= 0.6 is 0 Å². The first-order valence-corrected chi connectivity index (χ1v) is 8.54. The molecule has 8 nitrogen and oxygen atoms in total. The molecule has 1 aromatic heterocycles. The topological polar surface area (TPSA) is 88.3 Å². The SMILES string of the molecule is CN=C(NCC(=O)NCc1ccco1)N1CCC(COCCOC)C1. The fraction of sp³-hybridized carbons (Fsp3) is 0.647. The Morgan fingerprint density at radius 3 is 3.04 bits per heavy atom. The molecule has 0 aliphatic carbocycles. The zero-order chi connectivity index (χ0) is 17.9. The number of amides is 1. The number of ether oxygens (including phenoxy) is 2. The molecule has 0 aromatic carbocycles. The minimum Gasteiger partial charge on any atom is -0.467 e. The molecule has 0 spiro atoms. The lowest BCUT2D eigenvalue weighted by atomic mass is 10.1. The van der Waals surface area contributed by atoms with E-state index in [-0.39, 0.29) is 12.5 Å². The van der Waals surface area contributed by atoms with Crippen LogP contribution in [0.1, 0.15) is 12.2 Å². The van der Waals surface area contributed by atoms with Crippen molar-refractivity contribution in [2.75, 3.05) is 53.6 Å². The zero-order valence-electron chi connectivity index (χ0n) is 15.0. The van der Waals surface area contributed by atoms with Crippen molar-refractivity contribution in [3.8, 4) is 0 Å². The molecule has 2 N–H and O–H groups in total. The lowest BCUT2D eigenvalue weighted by molar-refractivity contribution is -0.120. The first-order valence-electron chi connectivity index (χ1n) is 8.54. The van der Waals surface area contributed by atoms with E-state index in [0.29, 0.717) is 25.7 Å². The highest BCUT2D eigenvalue weighted by Crippen LogP contribution is 2.16. The number of carbonyl (C=O) groups excluding carboxylic acids is 1. The number of hydrogen-bond donors (Lipinski definition) is 2. The molecule has 1 saturated heterocycles. The van der Waals surface area contributed by atoms with E-state index < -0.39 is 0 Å². The standard InChI is InChI=1S/C17H28N4O4/c1-18-17(20-11-16(22)19-10-15-4-3-7-25-15)21-6-5-14(12-21)13-24-9-8-23-2/h3-4,7,14H,5-6,8-13H2,1-2H3,(H,18,20)(H,19,22). The van der Waals surface area contributed by atoms with Gasteiger partial charge in [-0.2, -0.15) is 0 Å². The lowest BCUT2D eigenvalue weighted by Crippen LogP contribution is -2.44. The maximum atomic E-state index is 11.9. The van der Waals surface area contributed by atoms with Crippen molar-refractivity contribution in [2.45, 2.75) is 13.0 Å². The van der Waals surface area contributed by atoms with Crippen molar-refractivity contribution in [2.24, 2.45) is 10.9 Å². The summed E-state index contributed by atoms with van der Waals surface area (Å²) in [5.74, 6) is 1.85. The fourth-order valence-electron chi connectivity index (χ4n) is 2.71. The Kier molecular flexibility index (Phi) is 8.27. The molecule has 8 heteroatoms. The predicted molar refractivity (Wildman–Crippen MR) is 94.3 cm³/mol. The summed E-state index contributed by atoms with van der Waals surface area (Å²) in [7, 11) is 3.40. The molecule has 0 radical (unpaired) electrons. The number of likely N-dealkylation sites (tertiary alicyclic amines) is 1. The van der Waals surface area contributed by atoms with Crippen molar-refractivity contribution in [3.05, 3.63) is 24.2 Å². The maximum Gasteiger partial charge on any atom is 0.239 e. The third-order valence-corrected chi connectivity index (χ3v) is 4.03. The minimum atomic E-state index is -0.101. The highest BCUT2D eigenvalue weighted by Gasteiger charge is 2.25. The zero-order valence-corrected chi connectivity index (χ0v) is 15.0. The summed E-state index contributed by atoms with van der Waals surface area (Å²) in [5, 5.41) is 5.91. The third-order valence-electron chi connectivity index (χ3n) is 4.03. The van der Waals surface area contributed by atoms with Crippen LogP contribution in [-0.4, -0.2) is 70.4 Å². The van der Waals surface area contributed by atoms with Crippen LogP contribution in [0.2, 0.25) is 0 Å². The molecule has 25 heavy (non-hydrogen) atoms.